The zero-order valence-corrected chi connectivity index (χ0v) is 16.5. The van der Waals surface area contributed by atoms with E-state index >= 15 is 0 Å². The van der Waals surface area contributed by atoms with Crippen molar-refractivity contribution >= 4 is 27.3 Å². The molecule has 140 valence electrons. The number of non-ortho nitro benzene ring substituents is 1. The molecule has 3 unspecified atom stereocenters. The molecule has 2 aromatic rings. The van der Waals surface area contributed by atoms with Gasteiger partial charge in [-0.05, 0) is 36.1 Å². The minimum atomic E-state index is -0.375. The van der Waals surface area contributed by atoms with Gasteiger partial charge in [0.15, 0.2) is 0 Å². The Labute approximate surface area is 165 Å². The lowest BCUT2D eigenvalue weighted by molar-refractivity contribution is -0.385. The van der Waals surface area contributed by atoms with Crippen molar-refractivity contribution in [3.8, 4) is 11.5 Å². The van der Waals surface area contributed by atoms with E-state index in [1.165, 1.54) is 13.2 Å². The Morgan fingerprint density at radius 1 is 1.15 bits per heavy atom. The summed E-state index contributed by atoms with van der Waals surface area (Å²) < 4.78 is 12.1. The number of methoxy groups -OCH3 is 2. The number of ether oxygens (including phenoxy) is 2. The summed E-state index contributed by atoms with van der Waals surface area (Å²) in [5, 5.41) is 14.9. The van der Waals surface area contributed by atoms with E-state index < -0.39 is 0 Å². The van der Waals surface area contributed by atoms with Gasteiger partial charge in [0.1, 0.15) is 11.5 Å². The van der Waals surface area contributed by atoms with E-state index in [1.54, 1.807) is 13.2 Å². The van der Waals surface area contributed by atoms with E-state index in [2.05, 4.69) is 39.5 Å². The van der Waals surface area contributed by atoms with Gasteiger partial charge in [-0.2, -0.15) is 0 Å². The molecule has 2 aliphatic rings. The van der Waals surface area contributed by atoms with Crippen LogP contribution in [0.4, 0.5) is 11.4 Å². The van der Waals surface area contributed by atoms with Crippen LogP contribution in [-0.2, 0) is 0 Å². The summed E-state index contributed by atoms with van der Waals surface area (Å²) in [6.07, 6.45) is 5.18. The topological polar surface area (TPSA) is 73.6 Å². The third-order valence-corrected chi connectivity index (χ3v) is 5.87. The molecule has 4 rings (SSSR count). The standard InChI is InChI=1S/C20H19BrN2O4/c1-26-17-7-6-11(21)8-16(17)19-14-5-3-4-13(14)15-9-12(23(24)25)10-18(27-2)20(15)22-19/h3-4,6-10,13-14,19,22H,5H2,1-2H3. The predicted molar refractivity (Wildman–Crippen MR) is 107 cm³/mol. The summed E-state index contributed by atoms with van der Waals surface area (Å²) in [6, 6.07) is 9.09. The van der Waals surface area contributed by atoms with Gasteiger partial charge >= 0.3 is 0 Å². The van der Waals surface area contributed by atoms with E-state index in [0.29, 0.717) is 5.75 Å². The van der Waals surface area contributed by atoms with E-state index in [0.717, 1.165) is 33.5 Å². The molecule has 1 heterocycles. The number of halogens is 1. The molecule has 7 heteroatoms. The van der Waals surface area contributed by atoms with Crippen molar-refractivity contribution in [2.24, 2.45) is 5.92 Å². The lowest BCUT2D eigenvalue weighted by atomic mass is 9.76. The van der Waals surface area contributed by atoms with Crippen molar-refractivity contribution in [1.29, 1.82) is 0 Å². The van der Waals surface area contributed by atoms with Gasteiger partial charge in [0.2, 0.25) is 0 Å². The zero-order valence-electron chi connectivity index (χ0n) is 14.9. The van der Waals surface area contributed by atoms with Gasteiger partial charge in [-0.25, -0.2) is 0 Å². The fraction of sp³-hybridized carbons (Fsp3) is 0.300. The Balaban J connectivity index is 1.87. The van der Waals surface area contributed by atoms with Gasteiger partial charge in [-0.15, -0.1) is 0 Å². The highest BCUT2D eigenvalue weighted by molar-refractivity contribution is 9.10. The summed E-state index contributed by atoms with van der Waals surface area (Å²) in [5.41, 5.74) is 2.81. The fourth-order valence-corrected chi connectivity index (χ4v) is 4.55. The molecular weight excluding hydrogens is 412 g/mol. The Bertz CT molecular complexity index is 944. The molecule has 0 aromatic heterocycles. The largest absolute Gasteiger partial charge is 0.496 e. The quantitative estimate of drug-likeness (QED) is 0.409. The van der Waals surface area contributed by atoms with Gasteiger partial charge in [0, 0.05) is 22.0 Å². The van der Waals surface area contributed by atoms with E-state index in [-0.39, 0.29) is 28.5 Å². The maximum absolute atomic E-state index is 11.3. The zero-order chi connectivity index (χ0) is 19.1. The molecule has 27 heavy (non-hydrogen) atoms. The van der Waals surface area contributed by atoms with Crippen LogP contribution in [0, 0.1) is 16.0 Å². The summed E-state index contributed by atoms with van der Waals surface area (Å²) in [4.78, 5) is 11.0. The maximum Gasteiger partial charge on any atom is 0.273 e. The lowest BCUT2D eigenvalue weighted by Gasteiger charge is -2.38. The lowest BCUT2D eigenvalue weighted by Crippen LogP contribution is -2.29. The average molecular weight is 431 g/mol. The molecule has 2 aromatic carbocycles. The Morgan fingerprint density at radius 2 is 1.93 bits per heavy atom. The number of hydrogen-bond acceptors (Lipinski definition) is 5. The number of fused-ring (bicyclic) bond motifs is 3. The van der Waals surface area contributed by atoms with Crippen LogP contribution in [-0.4, -0.2) is 19.1 Å². The summed E-state index contributed by atoms with van der Waals surface area (Å²) in [6.45, 7) is 0. The highest BCUT2D eigenvalue weighted by atomic mass is 79.9. The minimum absolute atomic E-state index is 0.000283. The molecule has 0 bridgehead atoms. The van der Waals surface area contributed by atoms with Gasteiger partial charge in [-0.3, -0.25) is 10.1 Å². The number of nitro benzene ring substituents is 1. The molecule has 1 aliphatic heterocycles. The highest BCUT2D eigenvalue weighted by Gasteiger charge is 2.41. The van der Waals surface area contributed by atoms with Crippen LogP contribution < -0.4 is 14.8 Å². The Kier molecular flexibility index (Phi) is 4.55. The van der Waals surface area contributed by atoms with Crippen LogP contribution in [0.2, 0.25) is 0 Å². The van der Waals surface area contributed by atoms with Crippen LogP contribution in [0.25, 0.3) is 0 Å². The summed E-state index contributed by atoms with van der Waals surface area (Å²) >= 11 is 3.55. The number of allylic oxidation sites excluding steroid dienone is 2. The number of nitrogens with zero attached hydrogens (tertiary/aromatic N) is 1. The molecule has 3 atom stereocenters. The van der Waals surface area contributed by atoms with E-state index in [9.17, 15) is 10.1 Å². The SMILES string of the molecule is COc1ccc(Br)cc1C1Nc2c(OC)cc([N+](=O)[O-])cc2C2C=CCC21. The molecule has 0 saturated heterocycles. The van der Waals surface area contributed by atoms with Crippen LogP contribution in [0.5, 0.6) is 11.5 Å². The Hall–Kier alpha value is -2.54. The number of nitrogens with one attached hydrogen (secondary N) is 1. The van der Waals surface area contributed by atoms with Crippen molar-refractivity contribution in [2.75, 3.05) is 19.5 Å². The first kappa shape index (κ1) is 17.9. The summed E-state index contributed by atoms with van der Waals surface area (Å²) in [7, 11) is 3.20. The molecule has 0 amide bonds. The second kappa shape index (κ2) is 6.88. The van der Waals surface area contributed by atoms with E-state index in [4.69, 9.17) is 9.47 Å². The maximum atomic E-state index is 11.3. The van der Waals surface area contributed by atoms with Crippen LogP contribution in [0.15, 0.2) is 47.0 Å². The second-order valence-corrected chi connectivity index (χ2v) is 7.65. The molecule has 0 fully saturated rings. The van der Waals surface area contributed by atoms with Crippen molar-refractivity contribution in [3.63, 3.8) is 0 Å². The normalized spacial score (nSPS) is 22.6. The van der Waals surface area contributed by atoms with Gasteiger partial charge < -0.3 is 14.8 Å². The molecule has 1 N–H and O–H groups in total. The average Bonchev–Trinajstić information content (AvgIpc) is 3.16. The minimum Gasteiger partial charge on any atom is -0.496 e. The Morgan fingerprint density at radius 3 is 2.63 bits per heavy atom. The second-order valence-electron chi connectivity index (χ2n) is 6.73. The number of rotatable bonds is 4. The third-order valence-electron chi connectivity index (χ3n) is 5.38. The first-order valence-corrected chi connectivity index (χ1v) is 9.45. The monoisotopic (exact) mass is 430 g/mol. The van der Waals surface area contributed by atoms with Crippen molar-refractivity contribution in [1.82, 2.24) is 0 Å². The first-order valence-electron chi connectivity index (χ1n) is 8.66. The van der Waals surface area contributed by atoms with Gasteiger partial charge in [0.25, 0.3) is 5.69 Å². The van der Waals surface area contributed by atoms with Crippen molar-refractivity contribution < 1.29 is 14.4 Å². The predicted octanol–water partition coefficient (Wildman–Crippen LogP) is 5.20. The van der Waals surface area contributed by atoms with Gasteiger partial charge in [0.05, 0.1) is 36.9 Å². The smallest absolute Gasteiger partial charge is 0.273 e. The number of nitro groups is 1. The van der Waals surface area contributed by atoms with E-state index in [1.807, 2.05) is 12.1 Å². The van der Waals surface area contributed by atoms with Gasteiger partial charge in [-0.1, -0.05) is 28.1 Å². The molecular formula is C20H19BrN2O4. The molecule has 0 radical (unpaired) electrons. The number of hydrogen-bond donors (Lipinski definition) is 1. The number of benzene rings is 2. The molecule has 6 nitrogen and oxygen atoms in total. The van der Waals surface area contributed by atoms with Crippen LogP contribution in [0.3, 0.4) is 0 Å². The summed E-state index contributed by atoms with van der Waals surface area (Å²) in [5.74, 6) is 1.62. The van der Waals surface area contributed by atoms with Crippen molar-refractivity contribution in [2.45, 2.75) is 18.4 Å². The fourth-order valence-electron chi connectivity index (χ4n) is 4.17. The van der Waals surface area contributed by atoms with Crippen LogP contribution >= 0.6 is 15.9 Å². The number of anilines is 1. The molecule has 0 saturated carbocycles. The molecule has 1 aliphatic carbocycles. The third kappa shape index (κ3) is 2.96. The van der Waals surface area contributed by atoms with Crippen molar-refractivity contribution in [3.05, 3.63) is 68.2 Å². The van der Waals surface area contributed by atoms with Crippen LogP contribution in [0.1, 0.15) is 29.5 Å². The first-order chi connectivity index (χ1) is 13.0. The molecule has 0 spiro atoms. The highest BCUT2D eigenvalue weighted by Crippen LogP contribution is 2.54.